The van der Waals surface area contributed by atoms with Crippen LogP contribution in [0.4, 0.5) is 5.69 Å². The van der Waals surface area contributed by atoms with Crippen LogP contribution in [0.1, 0.15) is 18.9 Å². The predicted octanol–water partition coefficient (Wildman–Crippen LogP) is 1.82. The summed E-state index contributed by atoms with van der Waals surface area (Å²) in [6, 6.07) is 8.38. The van der Waals surface area contributed by atoms with Crippen LogP contribution in [-0.4, -0.2) is 55.5 Å². The Bertz CT molecular complexity index is 422. The fraction of sp³-hybridized carbons (Fsp3) is 0.562. The molecule has 0 aliphatic carbocycles. The first-order valence-electron chi connectivity index (χ1n) is 7.48. The molecule has 0 atom stereocenters. The summed E-state index contributed by atoms with van der Waals surface area (Å²) < 4.78 is 0. The summed E-state index contributed by atoms with van der Waals surface area (Å²) >= 11 is 0. The number of hydrogen-bond acceptors (Lipinski definition) is 3. The second kappa shape index (κ2) is 7.29. The van der Waals surface area contributed by atoms with Crippen LogP contribution in [0.3, 0.4) is 0 Å². The number of carbonyl (C=O) groups is 1. The molecule has 1 N–H and O–H groups in total. The highest BCUT2D eigenvalue weighted by Gasteiger charge is 2.18. The van der Waals surface area contributed by atoms with Gasteiger partial charge in [0.05, 0.1) is 6.54 Å². The molecule has 0 saturated carbocycles. The van der Waals surface area contributed by atoms with Crippen molar-refractivity contribution in [3.8, 4) is 0 Å². The van der Waals surface area contributed by atoms with Crippen molar-refractivity contribution in [2.45, 2.75) is 19.8 Å². The van der Waals surface area contributed by atoms with Gasteiger partial charge in [0.25, 0.3) is 0 Å². The monoisotopic (exact) mass is 275 g/mol. The van der Waals surface area contributed by atoms with Crippen LogP contribution in [0.25, 0.3) is 0 Å². The molecule has 1 aliphatic rings. The van der Waals surface area contributed by atoms with Gasteiger partial charge in [0.15, 0.2) is 0 Å². The average Bonchev–Trinajstić information content (AvgIpc) is 2.47. The number of nitrogens with one attached hydrogen (secondary N) is 1. The number of benzene rings is 1. The summed E-state index contributed by atoms with van der Waals surface area (Å²) in [4.78, 5) is 16.3. The Morgan fingerprint density at radius 2 is 1.80 bits per heavy atom. The fourth-order valence-electron chi connectivity index (χ4n) is 2.42. The van der Waals surface area contributed by atoms with Crippen LogP contribution < -0.4 is 5.32 Å². The Hall–Kier alpha value is -1.55. The Labute approximate surface area is 121 Å². The Kier molecular flexibility index (Phi) is 5.41. The zero-order valence-corrected chi connectivity index (χ0v) is 12.6. The SMILES string of the molecule is CCCc1ccc(NCC(=O)N2CCN(C)CC2)cc1. The largest absolute Gasteiger partial charge is 0.376 e. The molecule has 0 aromatic heterocycles. The van der Waals surface area contributed by atoms with Gasteiger partial charge < -0.3 is 15.1 Å². The molecule has 1 amide bonds. The molecule has 4 heteroatoms. The molecule has 1 aromatic rings. The number of hydrogen-bond donors (Lipinski definition) is 1. The Morgan fingerprint density at radius 3 is 2.40 bits per heavy atom. The Morgan fingerprint density at radius 1 is 1.15 bits per heavy atom. The summed E-state index contributed by atoms with van der Waals surface area (Å²) in [5.74, 6) is 0.190. The second-order valence-electron chi connectivity index (χ2n) is 5.48. The van der Waals surface area contributed by atoms with Gasteiger partial charge in [-0.25, -0.2) is 0 Å². The van der Waals surface area contributed by atoms with Gasteiger partial charge in [-0.05, 0) is 31.2 Å². The lowest BCUT2D eigenvalue weighted by Crippen LogP contribution is -2.48. The first kappa shape index (κ1) is 14.9. The van der Waals surface area contributed by atoms with Gasteiger partial charge in [0.2, 0.25) is 5.91 Å². The maximum atomic E-state index is 12.1. The molecule has 1 aromatic carbocycles. The van der Waals surface area contributed by atoms with E-state index in [0.29, 0.717) is 6.54 Å². The van der Waals surface area contributed by atoms with Crippen molar-refractivity contribution in [1.82, 2.24) is 9.80 Å². The van der Waals surface area contributed by atoms with Gasteiger partial charge in [-0.1, -0.05) is 25.5 Å². The standard InChI is InChI=1S/C16H25N3O/c1-3-4-14-5-7-15(8-6-14)17-13-16(20)19-11-9-18(2)10-12-19/h5-8,17H,3-4,9-13H2,1-2H3. The van der Waals surface area contributed by atoms with E-state index >= 15 is 0 Å². The molecule has 0 spiro atoms. The van der Waals surface area contributed by atoms with E-state index in [2.05, 4.69) is 48.5 Å². The summed E-state index contributed by atoms with van der Waals surface area (Å²) in [5, 5.41) is 3.22. The predicted molar refractivity (Wildman–Crippen MR) is 83.0 cm³/mol. The number of amides is 1. The lowest BCUT2D eigenvalue weighted by Gasteiger charge is -2.32. The molecular formula is C16H25N3O. The summed E-state index contributed by atoms with van der Waals surface area (Å²) in [6.07, 6.45) is 2.27. The van der Waals surface area contributed by atoms with Crippen LogP contribution in [0.5, 0.6) is 0 Å². The fourth-order valence-corrected chi connectivity index (χ4v) is 2.42. The van der Waals surface area contributed by atoms with Crippen LogP contribution in [-0.2, 0) is 11.2 Å². The molecule has 0 bridgehead atoms. The third-order valence-electron chi connectivity index (χ3n) is 3.79. The molecule has 1 aliphatic heterocycles. The highest BCUT2D eigenvalue weighted by molar-refractivity contribution is 5.81. The van der Waals surface area contributed by atoms with Crippen LogP contribution in [0.2, 0.25) is 0 Å². The minimum atomic E-state index is 0.190. The van der Waals surface area contributed by atoms with Crippen LogP contribution in [0, 0.1) is 0 Å². The first-order chi connectivity index (χ1) is 9.69. The zero-order chi connectivity index (χ0) is 14.4. The van der Waals surface area contributed by atoms with Crippen molar-refractivity contribution in [3.05, 3.63) is 29.8 Å². The molecule has 1 heterocycles. The van der Waals surface area contributed by atoms with E-state index < -0.39 is 0 Å². The van der Waals surface area contributed by atoms with Crippen molar-refractivity contribution >= 4 is 11.6 Å². The third-order valence-corrected chi connectivity index (χ3v) is 3.79. The molecule has 4 nitrogen and oxygen atoms in total. The number of piperazine rings is 1. The Balaban J connectivity index is 1.78. The van der Waals surface area contributed by atoms with Gasteiger partial charge in [0.1, 0.15) is 0 Å². The maximum absolute atomic E-state index is 12.1. The van der Waals surface area contributed by atoms with Crippen molar-refractivity contribution in [2.75, 3.05) is 45.1 Å². The van der Waals surface area contributed by atoms with Crippen LogP contribution >= 0.6 is 0 Å². The molecule has 110 valence electrons. The first-order valence-corrected chi connectivity index (χ1v) is 7.48. The van der Waals surface area contributed by atoms with Crippen LogP contribution in [0.15, 0.2) is 24.3 Å². The number of carbonyl (C=O) groups excluding carboxylic acids is 1. The van der Waals surface area contributed by atoms with E-state index in [4.69, 9.17) is 0 Å². The summed E-state index contributed by atoms with van der Waals surface area (Å²) in [5.41, 5.74) is 2.37. The quantitative estimate of drug-likeness (QED) is 0.890. The van der Waals surface area contributed by atoms with Crippen molar-refractivity contribution in [3.63, 3.8) is 0 Å². The third kappa shape index (κ3) is 4.23. The van der Waals surface area contributed by atoms with E-state index in [-0.39, 0.29) is 5.91 Å². The molecule has 2 rings (SSSR count). The van der Waals surface area contributed by atoms with Gasteiger partial charge in [-0.3, -0.25) is 4.79 Å². The lowest BCUT2D eigenvalue weighted by atomic mass is 10.1. The highest BCUT2D eigenvalue weighted by Crippen LogP contribution is 2.11. The average molecular weight is 275 g/mol. The van der Waals surface area contributed by atoms with Crippen molar-refractivity contribution in [2.24, 2.45) is 0 Å². The van der Waals surface area contributed by atoms with E-state index in [1.54, 1.807) is 0 Å². The van der Waals surface area contributed by atoms with Gasteiger partial charge in [0, 0.05) is 31.9 Å². The lowest BCUT2D eigenvalue weighted by molar-refractivity contribution is -0.130. The smallest absolute Gasteiger partial charge is 0.241 e. The minimum absolute atomic E-state index is 0.190. The zero-order valence-electron chi connectivity index (χ0n) is 12.6. The van der Waals surface area contributed by atoms with E-state index in [0.717, 1.165) is 44.7 Å². The highest BCUT2D eigenvalue weighted by atomic mass is 16.2. The normalized spacial score (nSPS) is 16.2. The number of aryl methyl sites for hydroxylation is 1. The van der Waals surface area contributed by atoms with E-state index in [1.807, 2.05) is 4.90 Å². The van der Waals surface area contributed by atoms with E-state index in [9.17, 15) is 4.79 Å². The molecule has 0 unspecified atom stereocenters. The second-order valence-corrected chi connectivity index (χ2v) is 5.48. The maximum Gasteiger partial charge on any atom is 0.241 e. The van der Waals surface area contributed by atoms with Gasteiger partial charge >= 0.3 is 0 Å². The number of rotatable bonds is 5. The summed E-state index contributed by atoms with van der Waals surface area (Å²) in [6.45, 7) is 6.19. The molecule has 1 fully saturated rings. The van der Waals surface area contributed by atoms with Gasteiger partial charge in [-0.15, -0.1) is 0 Å². The van der Waals surface area contributed by atoms with E-state index in [1.165, 1.54) is 5.56 Å². The van der Waals surface area contributed by atoms with Crippen molar-refractivity contribution in [1.29, 1.82) is 0 Å². The molecule has 20 heavy (non-hydrogen) atoms. The number of anilines is 1. The topological polar surface area (TPSA) is 35.6 Å². The number of likely N-dealkylation sites (N-methyl/N-ethyl adjacent to an activating group) is 1. The molecule has 1 saturated heterocycles. The summed E-state index contributed by atoms with van der Waals surface area (Å²) in [7, 11) is 2.10. The molecule has 0 radical (unpaired) electrons. The minimum Gasteiger partial charge on any atom is -0.376 e. The molecular weight excluding hydrogens is 250 g/mol. The van der Waals surface area contributed by atoms with Crippen molar-refractivity contribution < 1.29 is 4.79 Å². The number of nitrogens with zero attached hydrogens (tertiary/aromatic N) is 2. The van der Waals surface area contributed by atoms with Gasteiger partial charge in [-0.2, -0.15) is 0 Å².